The van der Waals surface area contributed by atoms with Gasteiger partial charge in [-0.3, -0.25) is 0 Å². The van der Waals surface area contributed by atoms with Crippen molar-refractivity contribution >= 4 is 6.01 Å². The van der Waals surface area contributed by atoms with E-state index in [1.54, 1.807) is 0 Å². The van der Waals surface area contributed by atoms with Gasteiger partial charge >= 0.3 is 6.01 Å². The molecule has 0 saturated carbocycles. The van der Waals surface area contributed by atoms with Crippen molar-refractivity contribution in [3.05, 3.63) is 5.89 Å². The molecule has 2 atom stereocenters. The first kappa shape index (κ1) is 12.4. The minimum Gasteiger partial charge on any atom is -0.406 e. The Morgan fingerprint density at radius 3 is 2.71 bits per heavy atom. The summed E-state index contributed by atoms with van der Waals surface area (Å²) < 4.78 is 5.69. The van der Waals surface area contributed by atoms with Crippen LogP contribution < -0.4 is 10.2 Å². The van der Waals surface area contributed by atoms with Gasteiger partial charge in [-0.2, -0.15) is 0 Å². The molecule has 0 amide bonds. The van der Waals surface area contributed by atoms with Crippen LogP contribution in [0.5, 0.6) is 0 Å². The van der Waals surface area contributed by atoms with E-state index in [0.717, 1.165) is 24.9 Å². The van der Waals surface area contributed by atoms with Crippen LogP contribution >= 0.6 is 0 Å². The number of nitrogens with zero attached hydrogens (tertiary/aromatic N) is 3. The topological polar surface area (TPSA) is 54.2 Å². The summed E-state index contributed by atoms with van der Waals surface area (Å²) in [6.07, 6.45) is 1.22. The fourth-order valence-corrected chi connectivity index (χ4v) is 2.16. The van der Waals surface area contributed by atoms with Crippen LogP contribution in [0.1, 0.15) is 39.1 Å². The van der Waals surface area contributed by atoms with Gasteiger partial charge in [0.05, 0.1) is 6.04 Å². The molecule has 96 valence electrons. The van der Waals surface area contributed by atoms with Gasteiger partial charge in [0, 0.05) is 13.1 Å². The molecule has 0 aliphatic carbocycles. The lowest BCUT2D eigenvalue weighted by Crippen LogP contribution is -2.21. The van der Waals surface area contributed by atoms with Crippen molar-refractivity contribution in [1.82, 2.24) is 15.5 Å². The number of aromatic nitrogens is 2. The predicted molar refractivity (Wildman–Crippen MR) is 66.9 cm³/mol. The predicted octanol–water partition coefficient (Wildman–Crippen LogP) is 1.83. The Morgan fingerprint density at radius 1 is 1.35 bits per heavy atom. The average molecular weight is 238 g/mol. The van der Waals surface area contributed by atoms with Crippen LogP contribution in [0.15, 0.2) is 4.42 Å². The van der Waals surface area contributed by atoms with E-state index in [1.807, 2.05) is 14.0 Å². The Morgan fingerprint density at radius 2 is 2.12 bits per heavy atom. The molecular formula is C12H22N4O. The number of nitrogens with one attached hydrogen (secondary N) is 1. The lowest BCUT2D eigenvalue weighted by atomic mass is 9.95. The number of anilines is 1. The maximum Gasteiger partial charge on any atom is 0.318 e. The summed E-state index contributed by atoms with van der Waals surface area (Å²) in [5, 5.41) is 11.3. The molecule has 2 rings (SSSR count). The largest absolute Gasteiger partial charge is 0.406 e. The minimum absolute atomic E-state index is 0.111. The maximum absolute atomic E-state index is 5.69. The first-order chi connectivity index (χ1) is 8.11. The smallest absolute Gasteiger partial charge is 0.318 e. The lowest BCUT2D eigenvalue weighted by Gasteiger charge is -2.15. The molecule has 0 aromatic carbocycles. The third kappa shape index (κ3) is 2.60. The average Bonchev–Trinajstić information content (AvgIpc) is 2.95. The highest BCUT2D eigenvalue weighted by molar-refractivity contribution is 5.26. The van der Waals surface area contributed by atoms with Crippen LogP contribution in [0.4, 0.5) is 6.01 Å². The Labute approximate surface area is 103 Å². The molecule has 0 spiro atoms. The van der Waals surface area contributed by atoms with Crippen molar-refractivity contribution in [3.63, 3.8) is 0 Å². The molecule has 1 aliphatic heterocycles. The third-order valence-electron chi connectivity index (χ3n) is 3.67. The molecule has 0 bridgehead atoms. The second-order valence-corrected chi connectivity index (χ2v) is 5.17. The molecule has 17 heavy (non-hydrogen) atoms. The highest BCUT2D eigenvalue weighted by atomic mass is 16.4. The second kappa shape index (κ2) is 5.04. The zero-order chi connectivity index (χ0) is 12.4. The van der Waals surface area contributed by atoms with Crippen LogP contribution in [0.25, 0.3) is 0 Å². The summed E-state index contributed by atoms with van der Waals surface area (Å²) >= 11 is 0. The molecule has 5 nitrogen and oxygen atoms in total. The standard InChI is InChI=1S/C12H22N4O/c1-8(2)10-5-6-16(7-10)12-15-14-11(17-12)9(3)13-4/h8-10,13H,5-7H2,1-4H3. The van der Waals surface area contributed by atoms with Gasteiger partial charge in [-0.15, -0.1) is 5.10 Å². The molecule has 5 heteroatoms. The van der Waals surface area contributed by atoms with Crippen molar-refractivity contribution in [2.75, 3.05) is 25.0 Å². The van der Waals surface area contributed by atoms with Crippen LogP contribution in [-0.4, -0.2) is 30.3 Å². The fourth-order valence-electron chi connectivity index (χ4n) is 2.16. The van der Waals surface area contributed by atoms with Crippen LogP contribution in [-0.2, 0) is 0 Å². The normalized spacial score (nSPS) is 22.4. The summed E-state index contributed by atoms with van der Waals surface area (Å²) in [6.45, 7) is 8.62. The van der Waals surface area contributed by atoms with Crippen molar-refractivity contribution in [2.24, 2.45) is 11.8 Å². The molecule has 1 aromatic heterocycles. The van der Waals surface area contributed by atoms with E-state index in [9.17, 15) is 0 Å². The van der Waals surface area contributed by atoms with Crippen LogP contribution in [0.2, 0.25) is 0 Å². The van der Waals surface area contributed by atoms with E-state index in [-0.39, 0.29) is 6.04 Å². The van der Waals surface area contributed by atoms with Crippen LogP contribution in [0.3, 0.4) is 0 Å². The number of hydrogen-bond donors (Lipinski definition) is 1. The van der Waals surface area contributed by atoms with Gasteiger partial charge in [-0.25, -0.2) is 0 Å². The zero-order valence-electron chi connectivity index (χ0n) is 11.1. The van der Waals surface area contributed by atoms with E-state index in [1.165, 1.54) is 6.42 Å². The maximum atomic E-state index is 5.69. The van der Waals surface area contributed by atoms with Crippen molar-refractivity contribution in [3.8, 4) is 0 Å². The zero-order valence-corrected chi connectivity index (χ0v) is 11.1. The van der Waals surface area contributed by atoms with Gasteiger partial charge in [0.15, 0.2) is 0 Å². The molecule has 1 N–H and O–H groups in total. The lowest BCUT2D eigenvalue weighted by molar-refractivity contribution is 0.413. The van der Waals surface area contributed by atoms with Gasteiger partial charge in [0.1, 0.15) is 0 Å². The number of hydrogen-bond acceptors (Lipinski definition) is 5. The third-order valence-corrected chi connectivity index (χ3v) is 3.67. The summed E-state index contributed by atoms with van der Waals surface area (Å²) in [5.41, 5.74) is 0. The van der Waals surface area contributed by atoms with E-state index in [2.05, 4.69) is 34.3 Å². The van der Waals surface area contributed by atoms with Gasteiger partial charge in [-0.1, -0.05) is 18.9 Å². The molecule has 1 fully saturated rings. The first-order valence-electron chi connectivity index (χ1n) is 6.37. The van der Waals surface area contributed by atoms with Crippen molar-refractivity contribution < 1.29 is 4.42 Å². The minimum atomic E-state index is 0.111. The summed E-state index contributed by atoms with van der Waals surface area (Å²) in [5.74, 6) is 2.13. The van der Waals surface area contributed by atoms with Gasteiger partial charge < -0.3 is 14.6 Å². The Kier molecular flexibility index (Phi) is 3.66. The second-order valence-electron chi connectivity index (χ2n) is 5.17. The Balaban J connectivity index is 2.02. The molecule has 2 unspecified atom stereocenters. The monoisotopic (exact) mass is 238 g/mol. The molecule has 1 aliphatic rings. The van der Waals surface area contributed by atoms with E-state index < -0.39 is 0 Å². The first-order valence-corrected chi connectivity index (χ1v) is 6.37. The van der Waals surface area contributed by atoms with Crippen LogP contribution in [0, 0.1) is 11.8 Å². The molecule has 2 heterocycles. The number of rotatable bonds is 4. The molecule has 0 radical (unpaired) electrons. The van der Waals surface area contributed by atoms with Crippen molar-refractivity contribution in [2.45, 2.75) is 33.2 Å². The summed E-state index contributed by atoms with van der Waals surface area (Å²) in [7, 11) is 1.89. The molecular weight excluding hydrogens is 216 g/mol. The molecule has 1 aromatic rings. The van der Waals surface area contributed by atoms with E-state index >= 15 is 0 Å². The van der Waals surface area contributed by atoms with Gasteiger partial charge in [-0.05, 0) is 32.2 Å². The molecule has 1 saturated heterocycles. The SMILES string of the molecule is CNC(C)c1nnc(N2CCC(C(C)C)C2)o1. The van der Waals surface area contributed by atoms with Gasteiger partial charge in [0.2, 0.25) is 5.89 Å². The quantitative estimate of drug-likeness (QED) is 0.867. The van der Waals surface area contributed by atoms with Crippen molar-refractivity contribution in [1.29, 1.82) is 0 Å². The highest BCUT2D eigenvalue weighted by Crippen LogP contribution is 2.28. The summed E-state index contributed by atoms with van der Waals surface area (Å²) in [6, 6.07) is 0.782. The Bertz CT molecular complexity index is 363. The fraction of sp³-hybridized carbons (Fsp3) is 0.833. The Hall–Kier alpha value is -1.10. The summed E-state index contributed by atoms with van der Waals surface area (Å²) in [4.78, 5) is 2.20. The van der Waals surface area contributed by atoms with E-state index in [0.29, 0.717) is 11.9 Å². The van der Waals surface area contributed by atoms with E-state index in [4.69, 9.17) is 4.42 Å². The van der Waals surface area contributed by atoms with Gasteiger partial charge in [0.25, 0.3) is 0 Å². The highest BCUT2D eigenvalue weighted by Gasteiger charge is 2.28.